The van der Waals surface area contributed by atoms with Gasteiger partial charge in [0.15, 0.2) is 9.84 Å². The number of anilines is 1. The lowest BCUT2D eigenvalue weighted by molar-refractivity contribution is 0.281. The summed E-state index contributed by atoms with van der Waals surface area (Å²) < 4.78 is 22.9. The van der Waals surface area contributed by atoms with E-state index in [0.717, 1.165) is 5.56 Å². The molecule has 1 aliphatic heterocycles. The first kappa shape index (κ1) is 12.3. The van der Waals surface area contributed by atoms with Crippen molar-refractivity contribution in [1.29, 1.82) is 0 Å². The van der Waals surface area contributed by atoms with Gasteiger partial charge in [0.05, 0.1) is 18.1 Å². The van der Waals surface area contributed by atoms with Crippen LogP contribution in [0.15, 0.2) is 18.3 Å². The Balaban J connectivity index is 2.23. The molecule has 0 amide bonds. The van der Waals surface area contributed by atoms with Gasteiger partial charge in [-0.1, -0.05) is 6.07 Å². The van der Waals surface area contributed by atoms with Crippen molar-refractivity contribution in [3.8, 4) is 0 Å². The molecule has 1 aromatic rings. The molecule has 6 heteroatoms. The number of nitrogens with zero attached hydrogens (tertiary/aromatic N) is 2. The molecule has 1 N–H and O–H groups in total. The summed E-state index contributed by atoms with van der Waals surface area (Å²) in [5.74, 6) is 1.07. The molecule has 0 aromatic carbocycles. The summed E-state index contributed by atoms with van der Waals surface area (Å²) in [5, 5.41) is 9.23. The molecule has 1 fully saturated rings. The molecule has 2 heterocycles. The van der Waals surface area contributed by atoms with Crippen LogP contribution in [0.1, 0.15) is 12.0 Å². The first-order valence-electron chi connectivity index (χ1n) is 5.51. The molecule has 0 aliphatic carbocycles. The van der Waals surface area contributed by atoms with Crippen LogP contribution in [0.4, 0.5) is 5.82 Å². The van der Waals surface area contributed by atoms with E-state index in [2.05, 4.69) is 4.98 Å². The van der Waals surface area contributed by atoms with Gasteiger partial charge in [0, 0.05) is 24.8 Å². The molecule has 2 rings (SSSR count). The lowest BCUT2D eigenvalue weighted by Gasteiger charge is -2.26. The van der Waals surface area contributed by atoms with Crippen LogP contribution in [0.25, 0.3) is 0 Å². The van der Waals surface area contributed by atoms with Crippen molar-refractivity contribution in [3.05, 3.63) is 23.9 Å². The van der Waals surface area contributed by atoms with Crippen LogP contribution in [-0.4, -0.2) is 43.1 Å². The fraction of sp³-hybridized carbons (Fsp3) is 0.545. The first-order valence-corrected chi connectivity index (χ1v) is 7.33. The largest absolute Gasteiger partial charge is 0.392 e. The molecule has 0 saturated carbocycles. The van der Waals surface area contributed by atoms with Crippen molar-refractivity contribution in [2.24, 2.45) is 0 Å². The second kappa shape index (κ2) is 4.62. The summed E-state index contributed by atoms with van der Waals surface area (Å²) in [6.45, 7) is -0.0903. The van der Waals surface area contributed by atoms with Crippen molar-refractivity contribution in [1.82, 2.24) is 4.98 Å². The Morgan fingerprint density at radius 1 is 1.59 bits per heavy atom. The van der Waals surface area contributed by atoms with Crippen molar-refractivity contribution >= 4 is 15.7 Å². The molecule has 5 nitrogen and oxygen atoms in total. The summed E-state index contributed by atoms with van der Waals surface area (Å²) in [6, 6.07) is 3.51. The molecule has 1 aliphatic rings. The third kappa shape index (κ3) is 2.58. The van der Waals surface area contributed by atoms with E-state index >= 15 is 0 Å². The maximum absolute atomic E-state index is 11.4. The zero-order chi connectivity index (χ0) is 12.5. The van der Waals surface area contributed by atoms with E-state index in [0.29, 0.717) is 12.2 Å². The predicted molar refractivity (Wildman–Crippen MR) is 65.6 cm³/mol. The molecule has 1 atom stereocenters. The Hall–Kier alpha value is -1.14. The average Bonchev–Trinajstić information content (AvgIpc) is 2.68. The molecule has 0 bridgehead atoms. The SMILES string of the molecule is CN(c1ncccc1CO)C1CCS(=O)(=O)C1. The van der Waals surface area contributed by atoms with Crippen molar-refractivity contribution < 1.29 is 13.5 Å². The topological polar surface area (TPSA) is 70.5 Å². The highest BCUT2D eigenvalue weighted by Crippen LogP contribution is 2.23. The van der Waals surface area contributed by atoms with E-state index in [-0.39, 0.29) is 24.2 Å². The minimum Gasteiger partial charge on any atom is -0.392 e. The minimum absolute atomic E-state index is 0.0415. The summed E-state index contributed by atoms with van der Waals surface area (Å²) in [4.78, 5) is 6.07. The fourth-order valence-corrected chi connectivity index (χ4v) is 3.90. The molecule has 1 saturated heterocycles. The van der Waals surface area contributed by atoms with E-state index in [1.165, 1.54) is 0 Å². The van der Waals surface area contributed by atoms with Gasteiger partial charge in [-0.2, -0.15) is 0 Å². The van der Waals surface area contributed by atoms with E-state index in [4.69, 9.17) is 0 Å². The van der Waals surface area contributed by atoms with Crippen LogP contribution >= 0.6 is 0 Å². The smallest absolute Gasteiger partial charge is 0.152 e. The van der Waals surface area contributed by atoms with E-state index in [1.54, 1.807) is 18.3 Å². The van der Waals surface area contributed by atoms with Gasteiger partial charge in [0.2, 0.25) is 0 Å². The van der Waals surface area contributed by atoms with Gasteiger partial charge in [0.1, 0.15) is 5.82 Å². The highest BCUT2D eigenvalue weighted by Gasteiger charge is 2.31. The Labute approximate surface area is 101 Å². The van der Waals surface area contributed by atoms with Gasteiger partial charge in [-0.3, -0.25) is 0 Å². The molecular weight excluding hydrogens is 240 g/mol. The molecule has 0 radical (unpaired) electrons. The van der Waals surface area contributed by atoms with E-state index in [1.807, 2.05) is 11.9 Å². The maximum atomic E-state index is 11.4. The molecule has 1 aromatic heterocycles. The highest BCUT2D eigenvalue weighted by atomic mass is 32.2. The zero-order valence-corrected chi connectivity index (χ0v) is 10.5. The first-order chi connectivity index (χ1) is 8.03. The monoisotopic (exact) mass is 256 g/mol. The average molecular weight is 256 g/mol. The molecular formula is C11H16N2O3S. The Kier molecular flexibility index (Phi) is 3.35. The van der Waals surface area contributed by atoms with Crippen LogP contribution < -0.4 is 4.90 Å². The number of hydrogen-bond acceptors (Lipinski definition) is 5. The second-order valence-electron chi connectivity index (χ2n) is 4.31. The van der Waals surface area contributed by atoms with Crippen molar-refractivity contribution in [2.45, 2.75) is 19.1 Å². The molecule has 1 unspecified atom stereocenters. The van der Waals surface area contributed by atoms with Crippen LogP contribution in [0, 0.1) is 0 Å². The number of sulfone groups is 1. The number of rotatable bonds is 3. The lowest BCUT2D eigenvalue weighted by Crippen LogP contribution is -2.33. The lowest BCUT2D eigenvalue weighted by atomic mass is 10.2. The standard InChI is InChI=1S/C11H16N2O3S/c1-13(10-4-6-17(15,16)8-10)11-9(7-14)3-2-5-12-11/h2-3,5,10,14H,4,6-8H2,1H3. The van der Waals surface area contributed by atoms with E-state index < -0.39 is 9.84 Å². The fourth-order valence-electron chi connectivity index (χ4n) is 2.13. The summed E-state index contributed by atoms with van der Waals surface area (Å²) in [6.07, 6.45) is 2.27. The van der Waals surface area contributed by atoms with Crippen LogP contribution in [0.2, 0.25) is 0 Å². The summed E-state index contributed by atoms with van der Waals surface area (Å²) in [5.41, 5.74) is 0.722. The highest BCUT2D eigenvalue weighted by molar-refractivity contribution is 7.91. The molecule has 94 valence electrons. The Bertz CT molecular complexity index is 501. The van der Waals surface area contributed by atoms with Crippen molar-refractivity contribution in [3.63, 3.8) is 0 Å². The van der Waals surface area contributed by atoms with Gasteiger partial charge in [0.25, 0.3) is 0 Å². The number of aliphatic hydroxyl groups is 1. The number of aliphatic hydroxyl groups excluding tert-OH is 1. The molecule has 0 spiro atoms. The summed E-state index contributed by atoms with van der Waals surface area (Å²) >= 11 is 0. The molecule has 17 heavy (non-hydrogen) atoms. The van der Waals surface area contributed by atoms with Gasteiger partial charge in [-0.05, 0) is 12.5 Å². The van der Waals surface area contributed by atoms with Gasteiger partial charge in [-0.15, -0.1) is 0 Å². The van der Waals surface area contributed by atoms with Gasteiger partial charge >= 0.3 is 0 Å². The quantitative estimate of drug-likeness (QED) is 0.836. The third-order valence-corrected chi connectivity index (χ3v) is 4.88. The van der Waals surface area contributed by atoms with Crippen LogP contribution in [-0.2, 0) is 16.4 Å². The van der Waals surface area contributed by atoms with Crippen LogP contribution in [0.3, 0.4) is 0 Å². The number of hydrogen-bond donors (Lipinski definition) is 1. The number of aromatic nitrogens is 1. The number of pyridine rings is 1. The zero-order valence-electron chi connectivity index (χ0n) is 9.70. The van der Waals surface area contributed by atoms with Gasteiger partial charge in [-0.25, -0.2) is 13.4 Å². The van der Waals surface area contributed by atoms with Gasteiger partial charge < -0.3 is 10.0 Å². The normalized spacial score (nSPS) is 22.6. The van der Waals surface area contributed by atoms with E-state index in [9.17, 15) is 13.5 Å². The van der Waals surface area contributed by atoms with Crippen molar-refractivity contribution in [2.75, 3.05) is 23.5 Å². The second-order valence-corrected chi connectivity index (χ2v) is 6.54. The Morgan fingerprint density at radius 3 is 2.94 bits per heavy atom. The minimum atomic E-state index is -2.90. The summed E-state index contributed by atoms with van der Waals surface area (Å²) in [7, 11) is -1.07. The third-order valence-electron chi connectivity index (χ3n) is 3.13. The maximum Gasteiger partial charge on any atom is 0.152 e. The van der Waals surface area contributed by atoms with Crippen LogP contribution in [0.5, 0.6) is 0 Å². The Morgan fingerprint density at radius 2 is 2.35 bits per heavy atom. The predicted octanol–water partition coefficient (Wildman–Crippen LogP) is 0.197.